The lowest BCUT2D eigenvalue weighted by Crippen LogP contribution is -2.28. The number of aromatic nitrogens is 2. The van der Waals surface area contributed by atoms with Gasteiger partial charge in [0, 0.05) is 16.8 Å². The maximum atomic E-state index is 11.9. The van der Waals surface area contributed by atoms with E-state index in [1.54, 1.807) is 24.3 Å². The number of benzene rings is 1. The fourth-order valence-electron chi connectivity index (χ4n) is 1.76. The third-order valence-electron chi connectivity index (χ3n) is 2.93. The first-order chi connectivity index (χ1) is 9.95. The number of nitrogens with one attached hydrogen (secondary N) is 1. The lowest BCUT2D eigenvalue weighted by Gasteiger charge is -2.09. The molecule has 0 unspecified atom stereocenters. The van der Waals surface area contributed by atoms with Crippen molar-refractivity contribution >= 4 is 23.2 Å². The van der Waals surface area contributed by atoms with E-state index in [1.807, 2.05) is 13.8 Å². The average Bonchev–Trinajstić information content (AvgIpc) is 2.43. The molecule has 0 aliphatic rings. The first-order valence-corrected chi connectivity index (χ1v) is 6.95. The molecule has 0 aliphatic heterocycles. The summed E-state index contributed by atoms with van der Waals surface area (Å²) < 4.78 is 1.27. The molecule has 2 aromatic rings. The van der Waals surface area contributed by atoms with E-state index in [2.05, 4.69) is 10.3 Å². The molecule has 0 radical (unpaired) electrons. The smallest absolute Gasteiger partial charge is 0.254 e. The molecule has 0 bridgehead atoms. The Balaban J connectivity index is 2.06. The van der Waals surface area contributed by atoms with Crippen molar-refractivity contribution in [2.75, 3.05) is 5.32 Å². The van der Waals surface area contributed by atoms with Gasteiger partial charge in [-0.3, -0.25) is 14.2 Å². The van der Waals surface area contributed by atoms with Crippen LogP contribution in [0.5, 0.6) is 0 Å². The molecule has 6 heteroatoms. The molecule has 5 nitrogen and oxygen atoms in total. The molecule has 0 atom stereocenters. The predicted molar refractivity (Wildman–Crippen MR) is 82.7 cm³/mol. The van der Waals surface area contributed by atoms with Crippen LogP contribution in [0.4, 0.5) is 5.69 Å². The molecule has 0 fully saturated rings. The van der Waals surface area contributed by atoms with Crippen molar-refractivity contribution in [1.82, 2.24) is 9.55 Å². The molecule has 1 N–H and O–H groups in total. The maximum absolute atomic E-state index is 11.9. The zero-order valence-electron chi connectivity index (χ0n) is 11.8. The van der Waals surface area contributed by atoms with Crippen LogP contribution in [0, 0.1) is 0 Å². The molecule has 0 aliphatic carbocycles. The summed E-state index contributed by atoms with van der Waals surface area (Å²) in [6, 6.07) is 8.22. The quantitative estimate of drug-likeness (QED) is 0.944. The molecule has 0 saturated heterocycles. The summed E-state index contributed by atoms with van der Waals surface area (Å²) in [6.45, 7) is 3.84. The van der Waals surface area contributed by atoms with Gasteiger partial charge in [0.15, 0.2) is 0 Å². The second kappa shape index (κ2) is 6.54. The standard InChI is InChI=1S/C15H16ClN3O2/c1-10(2)13-7-15(21)19(9-17-13)8-14(20)18-12-5-3-11(16)4-6-12/h3-7,9-10H,8H2,1-2H3,(H,18,20). The van der Waals surface area contributed by atoms with Crippen LogP contribution in [0.3, 0.4) is 0 Å². The molecule has 1 amide bonds. The van der Waals surface area contributed by atoms with Gasteiger partial charge in [0.1, 0.15) is 6.54 Å². The minimum Gasteiger partial charge on any atom is -0.325 e. The Hall–Kier alpha value is -2.14. The van der Waals surface area contributed by atoms with Crippen molar-refractivity contribution in [1.29, 1.82) is 0 Å². The summed E-state index contributed by atoms with van der Waals surface area (Å²) in [7, 11) is 0. The average molecular weight is 306 g/mol. The Kier molecular flexibility index (Phi) is 4.75. The van der Waals surface area contributed by atoms with Gasteiger partial charge >= 0.3 is 0 Å². The monoisotopic (exact) mass is 305 g/mol. The third kappa shape index (κ3) is 4.16. The van der Waals surface area contributed by atoms with Crippen molar-refractivity contribution in [2.45, 2.75) is 26.3 Å². The number of amides is 1. The number of carbonyl (C=O) groups excluding carboxylic acids is 1. The molecular weight excluding hydrogens is 290 g/mol. The topological polar surface area (TPSA) is 64.0 Å². The summed E-state index contributed by atoms with van der Waals surface area (Å²) >= 11 is 5.77. The Morgan fingerprint density at radius 3 is 2.57 bits per heavy atom. The third-order valence-corrected chi connectivity index (χ3v) is 3.19. The van der Waals surface area contributed by atoms with E-state index in [0.717, 1.165) is 0 Å². The van der Waals surface area contributed by atoms with Gasteiger partial charge in [0.25, 0.3) is 5.56 Å². The number of nitrogens with zero attached hydrogens (tertiary/aromatic N) is 2. The minimum atomic E-state index is -0.293. The van der Waals surface area contributed by atoms with E-state index in [0.29, 0.717) is 16.4 Å². The zero-order chi connectivity index (χ0) is 15.4. The lowest BCUT2D eigenvalue weighted by molar-refractivity contribution is -0.116. The molecule has 0 spiro atoms. The first kappa shape index (κ1) is 15.3. The van der Waals surface area contributed by atoms with Gasteiger partial charge in [-0.25, -0.2) is 4.98 Å². The number of carbonyl (C=O) groups is 1. The Bertz CT molecular complexity index is 693. The number of halogens is 1. The van der Waals surface area contributed by atoms with Crippen molar-refractivity contribution in [3.63, 3.8) is 0 Å². The molecule has 0 saturated carbocycles. The minimum absolute atomic E-state index is 0.0766. The van der Waals surface area contributed by atoms with Crippen LogP contribution in [0.15, 0.2) is 41.5 Å². The largest absolute Gasteiger partial charge is 0.325 e. The SMILES string of the molecule is CC(C)c1cc(=O)n(CC(=O)Nc2ccc(Cl)cc2)cn1. The van der Waals surface area contributed by atoms with E-state index in [9.17, 15) is 9.59 Å². The fraction of sp³-hybridized carbons (Fsp3) is 0.267. The van der Waals surface area contributed by atoms with E-state index in [1.165, 1.54) is 17.0 Å². The predicted octanol–water partition coefficient (Wildman–Crippen LogP) is 2.66. The van der Waals surface area contributed by atoms with E-state index < -0.39 is 0 Å². The number of rotatable bonds is 4. The van der Waals surface area contributed by atoms with Gasteiger partial charge in [0.05, 0.1) is 12.0 Å². The molecular formula is C15H16ClN3O2. The highest BCUT2D eigenvalue weighted by atomic mass is 35.5. The molecule has 1 heterocycles. The van der Waals surface area contributed by atoms with Gasteiger partial charge < -0.3 is 5.32 Å². The summed E-state index contributed by atoms with van der Waals surface area (Å²) in [4.78, 5) is 28.0. The van der Waals surface area contributed by atoms with E-state index in [4.69, 9.17) is 11.6 Å². The zero-order valence-corrected chi connectivity index (χ0v) is 12.6. The maximum Gasteiger partial charge on any atom is 0.254 e. The molecule has 110 valence electrons. The summed E-state index contributed by atoms with van der Waals surface area (Å²) in [5.74, 6) is -0.117. The van der Waals surface area contributed by atoms with Crippen LogP contribution in [-0.4, -0.2) is 15.5 Å². The number of hydrogen-bond acceptors (Lipinski definition) is 3. The highest BCUT2D eigenvalue weighted by Gasteiger charge is 2.08. The number of hydrogen-bond donors (Lipinski definition) is 1. The molecule has 2 rings (SSSR count). The highest BCUT2D eigenvalue weighted by Crippen LogP contribution is 2.13. The van der Waals surface area contributed by atoms with Gasteiger partial charge in [-0.1, -0.05) is 25.4 Å². The Morgan fingerprint density at radius 1 is 1.33 bits per heavy atom. The summed E-state index contributed by atoms with van der Waals surface area (Å²) in [5, 5.41) is 3.29. The van der Waals surface area contributed by atoms with Crippen LogP contribution in [-0.2, 0) is 11.3 Å². The van der Waals surface area contributed by atoms with Crippen LogP contribution in [0.2, 0.25) is 5.02 Å². The van der Waals surface area contributed by atoms with E-state index in [-0.39, 0.29) is 23.9 Å². The highest BCUT2D eigenvalue weighted by molar-refractivity contribution is 6.30. The second-order valence-corrected chi connectivity index (χ2v) is 5.43. The van der Waals surface area contributed by atoms with Crippen LogP contribution >= 0.6 is 11.6 Å². The molecule has 21 heavy (non-hydrogen) atoms. The Morgan fingerprint density at radius 2 is 2.00 bits per heavy atom. The molecule has 1 aromatic carbocycles. The van der Waals surface area contributed by atoms with Crippen molar-refractivity contribution < 1.29 is 4.79 Å². The summed E-state index contributed by atoms with van der Waals surface area (Å²) in [5.41, 5.74) is 1.11. The van der Waals surface area contributed by atoms with Gasteiger partial charge in [-0.05, 0) is 30.2 Å². The normalized spacial score (nSPS) is 10.7. The van der Waals surface area contributed by atoms with Crippen LogP contribution in [0.1, 0.15) is 25.5 Å². The van der Waals surface area contributed by atoms with Gasteiger partial charge in [-0.15, -0.1) is 0 Å². The second-order valence-electron chi connectivity index (χ2n) is 4.99. The van der Waals surface area contributed by atoms with Crippen molar-refractivity contribution in [3.05, 3.63) is 57.7 Å². The lowest BCUT2D eigenvalue weighted by atomic mass is 10.1. The fourth-order valence-corrected chi connectivity index (χ4v) is 1.89. The van der Waals surface area contributed by atoms with Gasteiger partial charge in [0.2, 0.25) is 5.91 Å². The van der Waals surface area contributed by atoms with Crippen molar-refractivity contribution in [2.24, 2.45) is 0 Å². The van der Waals surface area contributed by atoms with Crippen molar-refractivity contribution in [3.8, 4) is 0 Å². The number of anilines is 1. The van der Waals surface area contributed by atoms with E-state index >= 15 is 0 Å². The van der Waals surface area contributed by atoms with Gasteiger partial charge in [-0.2, -0.15) is 0 Å². The van der Waals surface area contributed by atoms with Crippen LogP contribution in [0.25, 0.3) is 0 Å². The van der Waals surface area contributed by atoms with Crippen LogP contribution < -0.4 is 10.9 Å². The molecule has 1 aromatic heterocycles. The first-order valence-electron chi connectivity index (χ1n) is 6.57. The Labute approximate surface area is 127 Å². The summed E-state index contributed by atoms with van der Waals surface area (Å²) in [6.07, 6.45) is 1.40.